The molecule has 5 rings (SSSR count). The topological polar surface area (TPSA) is 74.6 Å². The molecular weight excluding hydrogens is 453 g/mol. The van der Waals surface area contributed by atoms with E-state index in [-0.39, 0.29) is 19.1 Å². The van der Waals surface area contributed by atoms with Crippen LogP contribution in [0.3, 0.4) is 0 Å². The minimum absolute atomic E-state index is 0.00991. The Morgan fingerprint density at radius 2 is 1.61 bits per heavy atom. The largest absolute Gasteiger partial charge is 0.492 e. The second-order valence-electron chi connectivity index (χ2n) is 10.4. The number of carbonyl (C=O) groups excluding carboxylic acids is 1. The molecule has 2 aromatic carbocycles. The van der Waals surface area contributed by atoms with E-state index in [0.717, 1.165) is 11.2 Å². The van der Waals surface area contributed by atoms with Crippen LogP contribution in [0.5, 0.6) is 0 Å². The molecule has 186 valence electrons. The van der Waals surface area contributed by atoms with Gasteiger partial charge in [0.15, 0.2) is 0 Å². The number of carbonyl (C=O) groups is 1. The lowest BCUT2D eigenvalue weighted by molar-refractivity contribution is 0.00578. The van der Waals surface area contributed by atoms with E-state index < -0.39 is 24.4 Å². The highest BCUT2D eigenvalue weighted by Gasteiger charge is 2.52. The number of aryl methyl sites for hydroxylation is 1. The number of benzene rings is 2. The summed E-state index contributed by atoms with van der Waals surface area (Å²) in [6.07, 6.45) is 3.19. The van der Waals surface area contributed by atoms with E-state index in [4.69, 9.17) is 14.0 Å². The fourth-order valence-electron chi connectivity index (χ4n) is 4.74. The van der Waals surface area contributed by atoms with E-state index in [2.05, 4.69) is 34.7 Å². The third-order valence-electron chi connectivity index (χ3n) is 7.53. The maximum atomic E-state index is 12.8. The molecule has 7 nitrogen and oxygen atoms in total. The summed E-state index contributed by atoms with van der Waals surface area (Å²) >= 11 is 0. The van der Waals surface area contributed by atoms with Gasteiger partial charge in [-0.1, -0.05) is 48.5 Å². The molecular formula is C28H32BN3O4. The Bertz CT molecular complexity index is 1250. The van der Waals surface area contributed by atoms with Gasteiger partial charge in [0.1, 0.15) is 6.61 Å². The Kier molecular flexibility index (Phi) is 6.26. The highest BCUT2D eigenvalue weighted by molar-refractivity contribution is 6.56. The molecule has 36 heavy (non-hydrogen) atoms. The highest BCUT2D eigenvalue weighted by atomic mass is 16.7. The molecule has 0 saturated carbocycles. The van der Waals surface area contributed by atoms with Gasteiger partial charge in [0, 0.05) is 25.7 Å². The minimum Gasteiger partial charge on any atom is -0.449 e. The van der Waals surface area contributed by atoms with Crippen LogP contribution in [0.4, 0.5) is 4.79 Å². The summed E-state index contributed by atoms with van der Waals surface area (Å²) < 4.78 is 20.0. The molecule has 2 heterocycles. The van der Waals surface area contributed by atoms with Crippen LogP contribution < -0.4 is 5.32 Å². The summed E-state index contributed by atoms with van der Waals surface area (Å²) in [5.74, 6) is 0.00991. The lowest BCUT2D eigenvalue weighted by Crippen LogP contribution is -2.41. The normalized spacial score (nSPS) is 18.1. The average molecular weight is 485 g/mol. The van der Waals surface area contributed by atoms with Crippen molar-refractivity contribution in [2.45, 2.75) is 44.8 Å². The maximum absolute atomic E-state index is 12.8. The summed E-state index contributed by atoms with van der Waals surface area (Å²) in [6, 6.07) is 18.5. The Balaban J connectivity index is 1.28. The van der Waals surface area contributed by atoms with Crippen molar-refractivity contribution < 1.29 is 18.8 Å². The van der Waals surface area contributed by atoms with Gasteiger partial charge in [-0.2, -0.15) is 5.10 Å². The number of hydrogen-bond donors (Lipinski definition) is 1. The smallest absolute Gasteiger partial charge is 0.449 e. The van der Waals surface area contributed by atoms with E-state index in [0.29, 0.717) is 0 Å². The molecule has 1 fully saturated rings. The third-order valence-corrected chi connectivity index (χ3v) is 7.53. The molecule has 1 N–H and O–H groups in total. The van der Waals surface area contributed by atoms with Crippen molar-refractivity contribution in [2.24, 2.45) is 7.05 Å². The summed E-state index contributed by atoms with van der Waals surface area (Å²) in [5, 5.41) is 7.14. The van der Waals surface area contributed by atoms with E-state index in [1.165, 1.54) is 22.3 Å². The van der Waals surface area contributed by atoms with Crippen LogP contribution in [0.2, 0.25) is 0 Å². The molecule has 2 aliphatic rings. The number of nitrogens with zero attached hydrogens (tertiary/aromatic N) is 2. The first-order valence-electron chi connectivity index (χ1n) is 12.3. The van der Waals surface area contributed by atoms with Crippen molar-refractivity contribution in [1.82, 2.24) is 15.1 Å². The monoisotopic (exact) mass is 485 g/mol. The zero-order valence-electron chi connectivity index (χ0n) is 21.4. The van der Waals surface area contributed by atoms with Gasteiger partial charge in [-0.25, -0.2) is 4.79 Å². The summed E-state index contributed by atoms with van der Waals surface area (Å²) in [7, 11) is 1.27. The van der Waals surface area contributed by atoms with Crippen molar-refractivity contribution in [2.75, 3.05) is 13.2 Å². The number of alkyl carbamates (subject to hydrolysis) is 1. The number of amides is 1. The standard InChI is InChI=1S/C28H32BN3O4/c1-27(2)28(3,4)36-29(35-27)19(16-20-14-15-31-32(20)5)17-30-26(33)34-18-25-23-12-8-6-10-21(23)22-11-7-9-13-24(22)25/h6-16,25H,17-18H2,1-5H3,(H,30,33). The van der Waals surface area contributed by atoms with Crippen molar-refractivity contribution in [3.63, 3.8) is 0 Å². The Morgan fingerprint density at radius 1 is 1.03 bits per heavy atom. The first-order valence-corrected chi connectivity index (χ1v) is 12.3. The van der Waals surface area contributed by atoms with E-state index >= 15 is 0 Å². The molecule has 3 aromatic rings. The number of hydrogen-bond acceptors (Lipinski definition) is 5. The number of rotatable bonds is 6. The van der Waals surface area contributed by atoms with E-state index in [9.17, 15) is 4.79 Å². The molecule has 0 atom stereocenters. The average Bonchev–Trinajstić information content (AvgIpc) is 3.46. The quantitative estimate of drug-likeness (QED) is 0.499. The van der Waals surface area contributed by atoms with Gasteiger partial charge < -0.3 is 19.4 Å². The zero-order valence-corrected chi connectivity index (χ0v) is 21.4. The van der Waals surface area contributed by atoms with Crippen LogP contribution in [0.15, 0.2) is 66.3 Å². The zero-order chi connectivity index (χ0) is 25.5. The van der Waals surface area contributed by atoms with Crippen LogP contribution in [0.25, 0.3) is 17.2 Å². The molecule has 0 unspecified atom stereocenters. The molecule has 1 amide bonds. The summed E-state index contributed by atoms with van der Waals surface area (Å²) in [5.41, 5.74) is 5.44. The Labute approximate surface area is 212 Å². The van der Waals surface area contributed by atoms with Gasteiger partial charge in [-0.15, -0.1) is 0 Å². The van der Waals surface area contributed by atoms with E-state index in [1.54, 1.807) is 10.9 Å². The highest BCUT2D eigenvalue weighted by Crippen LogP contribution is 2.44. The Morgan fingerprint density at radius 3 is 2.17 bits per heavy atom. The molecule has 0 bridgehead atoms. The fraction of sp³-hybridized carbons (Fsp3) is 0.357. The van der Waals surface area contributed by atoms with Crippen LogP contribution in [-0.4, -0.2) is 47.3 Å². The second-order valence-corrected chi connectivity index (χ2v) is 10.4. The van der Waals surface area contributed by atoms with Crippen LogP contribution >= 0.6 is 0 Å². The third kappa shape index (κ3) is 4.47. The minimum atomic E-state index is -0.598. The molecule has 0 radical (unpaired) electrons. The van der Waals surface area contributed by atoms with E-state index in [1.807, 2.05) is 71.2 Å². The lowest BCUT2D eigenvalue weighted by atomic mass is 9.77. The molecule has 1 saturated heterocycles. The molecule has 8 heteroatoms. The first kappa shape index (κ1) is 24.3. The molecule has 1 aromatic heterocycles. The van der Waals surface area contributed by atoms with Crippen LogP contribution in [0.1, 0.15) is 50.4 Å². The SMILES string of the molecule is Cn1nccc1C=C(CNC(=O)OCC1c2ccccc2-c2ccccc21)B1OC(C)(C)C(C)(C)O1. The van der Waals surface area contributed by atoms with Gasteiger partial charge in [0.25, 0.3) is 0 Å². The number of fused-ring (bicyclic) bond motifs is 3. The fourth-order valence-corrected chi connectivity index (χ4v) is 4.74. The van der Waals surface area contributed by atoms with Gasteiger partial charge in [0.05, 0.1) is 16.9 Å². The molecule has 1 aliphatic carbocycles. The summed E-state index contributed by atoms with van der Waals surface area (Å²) in [4.78, 5) is 12.8. The van der Waals surface area contributed by atoms with Gasteiger partial charge in [0.2, 0.25) is 0 Å². The number of ether oxygens (including phenoxy) is 1. The van der Waals surface area contributed by atoms with Crippen LogP contribution in [0, 0.1) is 0 Å². The van der Waals surface area contributed by atoms with Crippen molar-refractivity contribution in [1.29, 1.82) is 0 Å². The predicted molar refractivity (Wildman–Crippen MR) is 140 cm³/mol. The number of nitrogens with one attached hydrogen (secondary N) is 1. The van der Waals surface area contributed by atoms with Crippen molar-refractivity contribution >= 4 is 19.3 Å². The van der Waals surface area contributed by atoms with Gasteiger partial charge in [-0.05, 0) is 67.6 Å². The Hall–Kier alpha value is -3.36. The second kappa shape index (κ2) is 9.26. The predicted octanol–water partition coefficient (Wildman–Crippen LogP) is 4.97. The first-order chi connectivity index (χ1) is 17.2. The number of aromatic nitrogens is 2. The van der Waals surface area contributed by atoms with Gasteiger partial charge in [-0.3, -0.25) is 4.68 Å². The summed E-state index contributed by atoms with van der Waals surface area (Å²) in [6.45, 7) is 8.51. The van der Waals surface area contributed by atoms with Crippen molar-refractivity contribution in [3.05, 3.63) is 83.1 Å². The molecule has 0 spiro atoms. The lowest BCUT2D eigenvalue weighted by Gasteiger charge is -2.32. The van der Waals surface area contributed by atoms with Crippen molar-refractivity contribution in [3.8, 4) is 11.1 Å². The van der Waals surface area contributed by atoms with Gasteiger partial charge >= 0.3 is 13.2 Å². The van der Waals surface area contributed by atoms with Crippen LogP contribution in [-0.2, 0) is 21.1 Å². The molecule has 1 aliphatic heterocycles. The maximum Gasteiger partial charge on any atom is 0.492 e.